The van der Waals surface area contributed by atoms with Gasteiger partial charge in [-0.05, 0) is 51.5 Å². The summed E-state index contributed by atoms with van der Waals surface area (Å²) in [5, 5.41) is 3.60. The zero-order chi connectivity index (χ0) is 12.1. The zero-order valence-electron chi connectivity index (χ0n) is 11.8. The first kappa shape index (κ1) is 13.4. The largest absolute Gasteiger partial charge is 0.313 e. The van der Waals surface area contributed by atoms with E-state index in [-0.39, 0.29) is 0 Å². The first-order valence-electron chi connectivity index (χ1n) is 7.77. The van der Waals surface area contributed by atoms with Crippen molar-refractivity contribution in [2.75, 3.05) is 19.6 Å². The van der Waals surface area contributed by atoms with E-state index in [0.717, 1.165) is 18.0 Å². The van der Waals surface area contributed by atoms with Crippen LogP contribution in [0.25, 0.3) is 0 Å². The fraction of sp³-hybridized carbons (Fsp3) is 1.00. The van der Waals surface area contributed by atoms with E-state index in [9.17, 15) is 0 Å². The predicted octanol–water partition coefficient (Wildman–Crippen LogP) is 3.03. The highest BCUT2D eigenvalue weighted by atomic mass is 15.2. The maximum Gasteiger partial charge on any atom is 0.0110 e. The summed E-state index contributed by atoms with van der Waals surface area (Å²) in [5.74, 6) is 1.04. The molecule has 2 aliphatic rings. The van der Waals surface area contributed by atoms with Crippen molar-refractivity contribution in [1.29, 1.82) is 0 Å². The van der Waals surface area contributed by atoms with Crippen LogP contribution in [0.5, 0.6) is 0 Å². The van der Waals surface area contributed by atoms with E-state index in [1.807, 2.05) is 0 Å². The molecule has 1 saturated carbocycles. The molecule has 0 aromatic carbocycles. The molecule has 1 heterocycles. The quantitative estimate of drug-likeness (QED) is 0.813. The summed E-state index contributed by atoms with van der Waals surface area (Å²) in [5.41, 5.74) is 0. The Morgan fingerprint density at radius 2 is 1.82 bits per heavy atom. The molecule has 0 bridgehead atoms. The van der Waals surface area contributed by atoms with E-state index in [2.05, 4.69) is 24.1 Å². The van der Waals surface area contributed by atoms with Crippen molar-refractivity contribution >= 4 is 0 Å². The second-order valence-corrected chi connectivity index (χ2v) is 6.14. The average Bonchev–Trinajstić information content (AvgIpc) is 2.56. The molecule has 2 heteroatoms. The molecule has 1 saturated heterocycles. The first-order chi connectivity index (χ1) is 8.29. The lowest BCUT2D eigenvalue weighted by Crippen LogP contribution is -2.40. The third kappa shape index (κ3) is 3.96. The van der Waals surface area contributed by atoms with Gasteiger partial charge in [-0.25, -0.2) is 0 Å². The van der Waals surface area contributed by atoms with Gasteiger partial charge in [-0.2, -0.15) is 0 Å². The van der Waals surface area contributed by atoms with E-state index in [0.29, 0.717) is 0 Å². The molecule has 2 rings (SSSR count). The smallest absolute Gasteiger partial charge is 0.0110 e. The van der Waals surface area contributed by atoms with Gasteiger partial charge in [0.1, 0.15) is 0 Å². The van der Waals surface area contributed by atoms with Gasteiger partial charge in [0.25, 0.3) is 0 Å². The van der Waals surface area contributed by atoms with E-state index in [4.69, 9.17) is 0 Å². The van der Waals surface area contributed by atoms with E-state index in [1.54, 1.807) is 0 Å². The minimum absolute atomic E-state index is 0.719. The molecule has 0 spiro atoms. The first-order valence-corrected chi connectivity index (χ1v) is 7.77. The summed E-state index contributed by atoms with van der Waals surface area (Å²) in [4.78, 5) is 2.76. The van der Waals surface area contributed by atoms with Gasteiger partial charge in [-0.3, -0.25) is 4.90 Å². The van der Waals surface area contributed by atoms with Gasteiger partial charge in [0.2, 0.25) is 0 Å². The number of hydrogen-bond acceptors (Lipinski definition) is 2. The van der Waals surface area contributed by atoms with E-state index < -0.39 is 0 Å². The molecule has 2 fully saturated rings. The Kier molecular flexibility index (Phi) is 5.30. The Bertz CT molecular complexity index is 209. The van der Waals surface area contributed by atoms with Crippen LogP contribution in [0.3, 0.4) is 0 Å². The lowest BCUT2D eigenvalue weighted by atomic mass is 9.83. The van der Waals surface area contributed by atoms with Crippen molar-refractivity contribution in [2.45, 2.75) is 70.9 Å². The van der Waals surface area contributed by atoms with Crippen LogP contribution < -0.4 is 5.32 Å². The standard InChI is InChI=1S/C15H30N2/c1-3-4-14-5-7-15(8-6-14)17-11-9-13(2)16-10-12-17/h13-16H,3-12H2,1-2H3. The SMILES string of the molecule is CCCC1CCC(N2CCNC(C)CC2)CC1. The summed E-state index contributed by atoms with van der Waals surface area (Å²) in [6, 6.07) is 1.62. The van der Waals surface area contributed by atoms with Crippen molar-refractivity contribution in [3.63, 3.8) is 0 Å². The van der Waals surface area contributed by atoms with Gasteiger partial charge in [0, 0.05) is 25.2 Å². The lowest BCUT2D eigenvalue weighted by molar-refractivity contribution is 0.140. The molecule has 17 heavy (non-hydrogen) atoms. The highest BCUT2D eigenvalue weighted by Crippen LogP contribution is 2.30. The van der Waals surface area contributed by atoms with Crippen LogP contribution in [0, 0.1) is 5.92 Å². The average molecular weight is 238 g/mol. The van der Waals surface area contributed by atoms with Gasteiger partial charge in [0.05, 0.1) is 0 Å². The Morgan fingerprint density at radius 3 is 2.53 bits per heavy atom. The number of hydrogen-bond donors (Lipinski definition) is 1. The molecule has 1 unspecified atom stereocenters. The summed E-state index contributed by atoms with van der Waals surface area (Å²) in [6.45, 7) is 8.43. The second-order valence-electron chi connectivity index (χ2n) is 6.14. The van der Waals surface area contributed by atoms with E-state index in [1.165, 1.54) is 64.6 Å². The van der Waals surface area contributed by atoms with Gasteiger partial charge in [0.15, 0.2) is 0 Å². The van der Waals surface area contributed by atoms with E-state index >= 15 is 0 Å². The fourth-order valence-electron chi connectivity index (χ4n) is 3.60. The van der Waals surface area contributed by atoms with Crippen LogP contribution in [0.1, 0.15) is 58.8 Å². The van der Waals surface area contributed by atoms with Gasteiger partial charge < -0.3 is 5.32 Å². The van der Waals surface area contributed by atoms with Gasteiger partial charge in [-0.1, -0.05) is 19.8 Å². The summed E-state index contributed by atoms with van der Waals surface area (Å²) < 4.78 is 0. The molecule has 100 valence electrons. The summed E-state index contributed by atoms with van der Waals surface area (Å²) in [6.07, 6.45) is 10.1. The Labute approximate surface area is 107 Å². The maximum atomic E-state index is 3.60. The van der Waals surface area contributed by atoms with Crippen molar-refractivity contribution in [3.05, 3.63) is 0 Å². The molecule has 0 aromatic heterocycles. The lowest BCUT2D eigenvalue weighted by Gasteiger charge is -2.36. The van der Waals surface area contributed by atoms with Crippen LogP contribution in [0.2, 0.25) is 0 Å². The molecule has 1 aliphatic heterocycles. The topological polar surface area (TPSA) is 15.3 Å². The van der Waals surface area contributed by atoms with Crippen LogP contribution in [-0.4, -0.2) is 36.6 Å². The number of nitrogens with one attached hydrogen (secondary N) is 1. The van der Waals surface area contributed by atoms with Crippen molar-refractivity contribution < 1.29 is 0 Å². The summed E-state index contributed by atoms with van der Waals surface area (Å²) >= 11 is 0. The van der Waals surface area contributed by atoms with Crippen LogP contribution in [0.15, 0.2) is 0 Å². The molecular formula is C15H30N2. The van der Waals surface area contributed by atoms with Crippen LogP contribution in [0.4, 0.5) is 0 Å². The Balaban J connectivity index is 1.75. The molecule has 0 radical (unpaired) electrons. The van der Waals surface area contributed by atoms with Gasteiger partial charge >= 0.3 is 0 Å². The highest BCUT2D eigenvalue weighted by molar-refractivity contribution is 4.82. The van der Waals surface area contributed by atoms with Crippen LogP contribution in [-0.2, 0) is 0 Å². The predicted molar refractivity (Wildman–Crippen MR) is 74.3 cm³/mol. The summed E-state index contributed by atoms with van der Waals surface area (Å²) in [7, 11) is 0. The minimum atomic E-state index is 0.719. The maximum absolute atomic E-state index is 3.60. The zero-order valence-corrected chi connectivity index (χ0v) is 11.8. The minimum Gasteiger partial charge on any atom is -0.313 e. The third-order valence-electron chi connectivity index (χ3n) is 4.77. The Hall–Kier alpha value is -0.0800. The molecule has 0 amide bonds. The number of rotatable bonds is 3. The molecule has 1 atom stereocenters. The third-order valence-corrected chi connectivity index (χ3v) is 4.77. The molecule has 1 N–H and O–H groups in total. The number of nitrogens with zero attached hydrogens (tertiary/aromatic N) is 1. The van der Waals surface area contributed by atoms with Crippen molar-refractivity contribution in [1.82, 2.24) is 10.2 Å². The normalized spacial score (nSPS) is 36.7. The molecule has 0 aromatic rings. The molecule has 2 nitrogen and oxygen atoms in total. The van der Waals surface area contributed by atoms with Crippen molar-refractivity contribution in [3.8, 4) is 0 Å². The molecule has 1 aliphatic carbocycles. The highest BCUT2D eigenvalue weighted by Gasteiger charge is 2.26. The fourth-order valence-corrected chi connectivity index (χ4v) is 3.60. The second kappa shape index (κ2) is 6.75. The van der Waals surface area contributed by atoms with Gasteiger partial charge in [-0.15, -0.1) is 0 Å². The van der Waals surface area contributed by atoms with Crippen molar-refractivity contribution in [2.24, 2.45) is 5.92 Å². The Morgan fingerprint density at radius 1 is 1.06 bits per heavy atom. The van der Waals surface area contributed by atoms with Crippen LogP contribution >= 0.6 is 0 Å². The monoisotopic (exact) mass is 238 g/mol. The molecular weight excluding hydrogens is 208 g/mol.